The number of hydrogen-bond acceptors (Lipinski definition) is 6. The maximum Gasteiger partial charge on any atom is 0.315 e. The molecule has 3 aromatic rings. The van der Waals surface area contributed by atoms with Gasteiger partial charge >= 0.3 is 6.03 Å². The van der Waals surface area contributed by atoms with E-state index in [1.165, 1.54) is 0 Å². The first kappa shape index (κ1) is 18.7. The molecule has 5 rings (SSSR count). The zero-order valence-electron chi connectivity index (χ0n) is 16.2. The summed E-state index contributed by atoms with van der Waals surface area (Å²) in [5.41, 5.74) is 2.51. The van der Waals surface area contributed by atoms with Crippen molar-refractivity contribution in [2.24, 2.45) is 0 Å². The Morgan fingerprint density at radius 1 is 1.03 bits per heavy atom. The van der Waals surface area contributed by atoms with Crippen LogP contribution in [0.2, 0.25) is 0 Å². The van der Waals surface area contributed by atoms with E-state index in [0.717, 1.165) is 11.3 Å². The van der Waals surface area contributed by atoms with Gasteiger partial charge in [0.15, 0.2) is 0 Å². The van der Waals surface area contributed by atoms with E-state index in [0.29, 0.717) is 25.5 Å². The van der Waals surface area contributed by atoms with Crippen LogP contribution < -0.4 is 10.6 Å². The Morgan fingerprint density at radius 2 is 1.87 bits per heavy atom. The number of rotatable bonds is 5. The van der Waals surface area contributed by atoms with Crippen molar-refractivity contribution in [2.45, 2.75) is 30.8 Å². The highest BCUT2D eigenvalue weighted by atomic mass is 16.6. The summed E-state index contributed by atoms with van der Waals surface area (Å²) in [5, 5.41) is 14.3. The lowest BCUT2D eigenvalue weighted by Crippen LogP contribution is -2.48. The minimum Gasteiger partial charge on any atom is -0.371 e. The molecule has 9 heteroatoms. The first-order valence-electron chi connectivity index (χ1n) is 9.93. The standard InChI is InChI=1S/C21H22N6O3/c28-21(23-10-14-6-2-1-3-7-14)24-17-12-29-20-18(13-30-19(17)20)27-11-16(25-26-27)15-8-4-5-9-22-15/h1-9,11,17-20H,10,12-13H2,(H2,23,24,28). The van der Waals surface area contributed by atoms with Gasteiger partial charge in [-0.3, -0.25) is 4.98 Å². The Balaban J connectivity index is 1.19. The van der Waals surface area contributed by atoms with Crippen molar-refractivity contribution in [1.82, 2.24) is 30.6 Å². The second-order valence-corrected chi connectivity index (χ2v) is 7.38. The van der Waals surface area contributed by atoms with Gasteiger partial charge in [0.25, 0.3) is 0 Å². The van der Waals surface area contributed by atoms with Crippen molar-refractivity contribution in [2.75, 3.05) is 13.2 Å². The van der Waals surface area contributed by atoms with Crippen molar-refractivity contribution in [3.8, 4) is 11.4 Å². The van der Waals surface area contributed by atoms with Crippen molar-refractivity contribution in [1.29, 1.82) is 0 Å². The molecule has 2 aliphatic heterocycles. The van der Waals surface area contributed by atoms with Crippen LogP contribution in [-0.2, 0) is 16.0 Å². The van der Waals surface area contributed by atoms with Crippen LogP contribution in [0.1, 0.15) is 11.6 Å². The molecule has 2 aromatic heterocycles. The molecule has 0 radical (unpaired) electrons. The molecule has 0 spiro atoms. The third-order valence-corrected chi connectivity index (χ3v) is 5.42. The third-order valence-electron chi connectivity index (χ3n) is 5.42. The van der Waals surface area contributed by atoms with Crippen LogP contribution in [0.5, 0.6) is 0 Å². The van der Waals surface area contributed by atoms with E-state index in [2.05, 4.69) is 25.9 Å². The molecule has 9 nitrogen and oxygen atoms in total. The highest BCUT2D eigenvalue weighted by Gasteiger charge is 2.49. The molecular weight excluding hydrogens is 384 g/mol. The van der Waals surface area contributed by atoms with Gasteiger partial charge in [-0.05, 0) is 17.7 Å². The van der Waals surface area contributed by atoms with Gasteiger partial charge in [0.2, 0.25) is 0 Å². The summed E-state index contributed by atoms with van der Waals surface area (Å²) in [5.74, 6) is 0. The van der Waals surface area contributed by atoms with Crippen molar-refractivity contribution < 1.29 is 14.3 Å². The van der Waals surface area contributed by atoms with Crippen LogP contribution in [0.4, 0.5) is 4.79 Å². The summed E-state index contributed by atoms with van der Waals surface area (Å²) in [6, 6.07) is 14.9. The van der Waals surface area contributed by atoms with Crippen LogP contribution in [0.15, 0.2) is 60.9 Å². The molecule has 154 valence electrons. The molecule has 1 aromatic carbocycles. The van der Waals surface area contributed by atoms with Crippen molar-refractivity contribution in [3.05, 3.63) is 66.5 Å². The SMILES string of the molecule is O=C(NCc1ccccc1)NC1COC2C1OCC2n1cc(-c2ccccn2)nn1. The average molecular weight is 406 g/mol. The molecule has 0 bridgehead atoms. The van der Waals surface area contributed by atoms with Gasteiger partial charge in [-0.25, -0.2) is 9.48 Å². The predicted octanol–water partition coefficient (Wildman–Crippen LogP) is 1.55. The van der Waals surface area contributed by atoms with Crippen LogP contribution in [-0.4, -0.2) is 57.5 Å². The third kappa shape index (κ3) is 3.77. The quantitative estimate of drug-likeness (QED) is 0.666. The second kappa shape index (κ2) is 8.21. The first-order chi connectivity index (χ1) is 14.8. The van der Waals surface area contributed by atoms with E-state index in [9.17, 15) is 4.79 Å². The number of urea groups is 1. The van der Waals surface area contributed by atoms with Gasteiger partial charge < -0.3 is 20.1 Å². The van der Waals surface area contributed by atoms with E-state index in [1.54, 1.807) is 10.9 Å². The molecule has 2 aliphatic rings. The summed E-state index contributed by atoms with van der Waals surface area (Å²) < 4.78 is 13.7. The topological polar surface area (TPSA) is 103 Å². The normalized spacial score (nSPS) is 25.1. The Morgan fingerprint density at radius 3 is 2.70 bits per heavy atom. The maximum absolute atomic E-state index is 12.3. The second-order valence-electron chi connectivity index (χ2n) is 7.38. The number of aromatic nitrogens is 4. The summed E-state index contributed by atoms with van der Waals surface area (Å²) in [6.07, 6.45) is 3.17. The van der Waals surface area contributed by atoms with Crippen LogP contribution in [0.25, 0.3) is 11.4 Å². The summed E-state index contributed by atoms with van der Waals surface area (Å²) in [4.78, 5) is 16.6. The molecule has 0 saturated carbocycles. The summed E-state index contributed by atoms with van der Waals surface area (Å²) >= 11 is 0. The van der Waals surface area contributed by atoms with Crippen LogP contribution in [0, 0.1) is 0 Å². The molecule has 2 fully saturated rings. The minimum absolute atomic E-state index is 0.0980. The molecule has 2 saturated heterocycles. The highest BCUT2D eigenvalue weighted by Crippen LogP contribution is 2.34. The lowest BCUT2D eigenvalue weighted by atomic mass is 10.1. The molecular formula is C21H22N6O3. The van der Waals surface area contributed by atoms with Gasteiger partial charge in [0.1, 0.15) is 23.9 Å². The maximum atomic E-state index is 12.3. The molecule has 2 amide bonds. The lowest BCUT2D eigenvalue weighted by Gasteiger charge is -2.18. The number of carbonyl (C=O) groups is 1. The largest absolute Gasteiger partial charge is 0.371 e. The monoisotopic (exact) mass is 406 g/mol. The number of fused-ring (bicyclic) bond motifs is 1. The van der Waals surface area contributed by atoms with Crippen molar-refractivity contribution >= 4 is 6.03 Å². The molecule has 4 heterocycles. The number of pyridine rings is 1. The van der Waals surface area contributed by atoms with E-state index >= 15 is 0 Å². The fourth-order valence-electron chi connectivity index (χ4n) is 3.90. The number of carbonyl (C=O) groups excluding carboxylic acids is 1. The van der Waals surface area contributed by atoms with E-state index in [1.807, 2.05) is 54.7 Å². The number of ether oxygens (including phenoxy) is 2. The number of hydrogen-bond donors (Lipinski definition) is 2. The van der Waals surface area contributed by atoms with Gasteiger partial charge in [-0.2, -0.15) is 0 Å². The zero-order valence-corrected chi connectivity index (χ0v) is 16.2. The molecule has 2 N–H and O–H groups in total. The van der Waals surface area contributed by atoms with Gasteiger partial charge in [-0.15, -0.1) is 5.10 Å². The lowest BCUT2D eigenvalue weighted by molar-refractivity contribution is 0.0622. The van der Waals surface area contributed by atoms with Gasteiger partial charge in [0, 0.05) is 12.7 Å². The number of nitrogens with zero attached hydrogens (tertiary/aromatic N) is 4. The summed E-state index contributed by atoms with van der Waals surface area (Å²) in [7, 11) is 0. The molecule has 30 heavy (non-hydrogen) atoms. The fraction of sp³-hybridized carbons (Fsp3) is 0.333. The molecule has 0 aliphatic carbocycles. The fourth-order valence-corrected chi connectivity index (χ4v) is 3.90. The number of amides is 2. The smallest absolute Gasteiger partial charge is 0.315 e. The highest BCUT2D eigenvalue weighted by molar-refractivity contribution is 5.74. The number of nitrogens with one attached hydrogen (secondary N) is 2. The van der Waals surface area contributed by atoms with Crippen molar-refractivity contribution in [3.63, 3.8) is 0 Å². The van der Waals surface area contributed by atoms with Gasteiger partial charge in [-0.1, -0.05) is 41.6 Å². The van der Waals surface area contributed by atoms with E-state index in [-0.39, 0.29) is 30.3 Å². The molecule has 4 unspecified atom stereocenters. The average Bonchev–Trinajstić information content (AvgIpc) is 3.51. The number of benzene rings is 1. The van der Waals surface area contributed by atoms with Gasteiger partial charge in [0.05, 0.1) is 31.1 Å². The van der Waals surface area contributed by atoms with E-state index in [4.69, 9.17) is 9.47 Å². The molecule has 4 atom stereocenters. The minimum atomic E-state index is -0.238. The summed E-state index contributed by atoms with van der Waals surface area (Å²) in [6.45, 7) is 1.31. The van der Waals surface area contributed by atoms with E-state index < -0.39 is 0 Å². The van der Waals surface area contributed by atoms with Crippen LogP contribution >= 0.6 is 0 Å². The Bertz CT molecular complexity index is 996. The zero-order chi connectivity index (χ0) is 20.3. The Labute approximate surface area is 173 Å². The Kier molecular flexibility index (Phi) is 5.12. The predicted molar refractivity (Wildman–Crippen MR) is 107 cm³/mol. The Hall–Kier alpha value is -3.30. The first-order valence-corrected chi connectivity index (χ1v) is 9.93. The van der Waals surface area contributed by atoms with Crippen LogP contribution in [0.3, 0.4) is 0 Å².